The van der Waals surface area contributed by atoms with Crippen LogP contribution in [0.5, 0.6) is 0 Å². The highest BCUT2D eigenvalue weighted by Gasteiger charge is 2.30. The molecule has 0 saturated carbocycles. The molecule has 0 aliphatic heterocycles. The highest BCUT2D eigenvalue weighted by molar-refractivity contribution is 6.33. The molecule has 0 bridgehead atoms. The number of hydrogen-bond donors (Lipinski definition) is 0. The van der Waals surface area contributed by atoms with Crippen LogP contribution in [0.4, 0.5) is 0 Å². The van der Waals surface area contributed by atoms with Crippen LogP contribution < -0.4 is 0 Å². The smallest absolute Gasteiger partial charge is 0.340 e. The lowest BCUT2D eigenvalue weighted by atomic mass is 10.4. The fourth-order valence-electron chi connectivity index (χ4n) is 0.266. The molecule has 0 fully saturated rings. The van der Waals surface area contributed by atoms with Gasteiger partial charge in [0.2, 0.25) is 15.5 Å². The summed E-state index contributed by atoms with van der Waals surface area (Å²) in [5.74, 6) is -0.529. The summed E-state index contributed by atoms with van der Waals surface area (Å²) in [6.07, 6.45) is 0. The van der Waals surface area contributed by atoms with Gasteiger partial charge in [0.1, 0.15) is 0 Å². The fraction of sp³-hybridized carbons (Fsp3) is 0.750. The fourth-order valence-corrected chi connectivity index (χ4v) is 0.862. The number of methoxy groups -OCH3 is 1. The Morgan fingerprint density at radius 2 is 2.22 bits per heavy atom. The van der Waals surface area contributed by atoms with Crippen molar-refractivity contribution in [1.29, 1.82) is 0 Å². The Kier molecular flexibility index (Phi) is 3.17. The second kappa shape index (κ2) is 3.19. The molecule has 54 valence electrons. The molecule has 0 radical (unpaired) electrons. The van der Waals surface area contributed by atoms with Gasteiger partial charge < -0.3 is 9.16 Å². The van der Waals surface area contributed by atoms with Crippen molar-refractivity contribution in [2.45, 2.75) is 12.0 Å². The zero-order valence-electron chi connectivity index (χ0n) is 5.60. The number of alkyl halides is 1. The minimum absolute atomic E-state index is 0.344. The van der Waals surface area contributed by atoms with E-state index < -0.39 is 11.0 Å². The molecule has 0 amide bonds. The molecule has 1 atom stereocenters. The van der Waals surface area contributed by atoms with Gasteiger partial charge in [-0.15, -0.1) is 0 Å². The van der Waals surface area contributed by atoms with Crippen LogP contribution in [0.3, 0.4) is 0 Å². The number of halogens is 1. The molecule has 0 rings (SSSR count). The summed E-state index contributed by atoms with van der Waals surface area (Å²) in [4.78, 5) is 10.6. The van der Waals surface area contributed by atoms with E-state index in [1.165, 1.54) is 14.0 Å². The molecule has 0 heterocycles. The normalized spacial score (nSPS) is 16.8. The molecular formula is C4H9ClO3Si. The molecule has 0 spiro atoms. The SMILES string of the molecule is COC(C)(Cl)C(=O)O[SiH3]. The van der Waals surface area contributed by atoms with Crippen LogP contribution in [-0.4, -0.2) is 28.6 Å². The summed E-state index contributed by atoms with van der Waals surface area (Å²) in [6, 6.07) is 0. The van der Waals surface area contributed by atoms with Crippen molar-refractivity contribution in [3.63, 3.8) is 0 Å². The summed E-state index contributed by atoms with van der Waals surface area (Å²) < 4.78 is 9.05. The minimum atomic E-state index is -1.30. The maximum absolute atomic E-state index is 10.6. The highest BCUT2D eigenvalue weighted by Crippen LogP contribution is 2.15. The van der Waals surface area contributed by atoms with Crippen LogP contribution in [0.2, 0.25) is 0 Å². The quantitative estimate of drug-likeness (QED) is 0.409. The third-order valence-electron chi connectivity index (χ3n) is 0.933. The van der Waals surface area contributed by atoms with E-state index in [0.717, 1.165) is 0 Å². The number of rotatable bonds is 2. The maximum atomic E-state index is 10.6. The molecule has 0 aromatic heterocycles. The van der Waals surface area contributed by atoms with Gasteiger partial charge in [-0.05, 0) is 6.92 Å². The van der Waals surface area contributed by atoms with Crippen molar-refractivity contribution in [2.24, 2.45) is 0 Å². The molecule has 3 nitrogen and oxygen atoms in total. The average molecular weight is 169 g/mol. The van der Waals surface area contributed by atoms with Crippen LogP contribution >= 0.6 is 11.6 Å². The Morgan fingerprint density at radius 1 is 1.78 bits per heavy atom. The molecule has 0 N–H and O–H groups in total. The number of carbonyl (C=O) groups is 1. The number of hydrogen-bond acceptors (Lipinski definition) is 3. The zero-order chi connectivity index (χ0) is 7.49. The lowest BCUT2D eigenvalue weighted by Crippen LogP contribution is -2.32. The van der Waals surface area contributed by atoms with E-state index in [1.54, 1.807) is 0 Å². The van der Waals surface area contributed by atoms with Crippen molar-refractivity contribution >= 4 is 28.1 Å². The first-order valence-electron chi connectivity index (χ1n) is 2.37. The van der Waals surface area contributed by atoms with Gasteiger partial charge in [0.25, 0.3) is 0 Å². The summed E-state index contributed by atoms with van der Waals surface area (Å²) in [5, 5.41) is -1.30. The molecular weight excluding hydrogens is 160 g/mol. The monoisotopic (exact) mass is 168 g/mol. The molecule has 0 aromatic carbocycles. The highest BCUT2D eigenvalue weighted by atomic mass is 35.5. The first-order chi connectivity index (χ1) is 4.04. The van der Waals surface area contributed by atoms with E-state index >= 15 is 0 Å². The van der Waals surface area contributed by atoms with Gasteiger partial charge in [0.15, 0.2) is 0 Å². The average Bonchev–Trinajstić information content (AvgIpc) is 1.86. The molecule has 0 saturated heterocycles. The van der Waals surface area contributed by atoms with E-state index in [9.17, 15) is 4.79 Å². The molecule has 1 unspecified atom stereocenters. The van der Waals surface area contributed by atoms with E-state index in [0.29, 0.717) is 10.5 Å². The summed E-state index contributed by atoms with van der Waals surface area (Å²) >= 11 is 5.50. The zero-order valence-corrected chi connectivity index (χ0v) is 8.36. The summed E-state index contributed by atoms with van der Waals surface area (Å²) in [5.41, 5.74) is 0. The number of carbonyl (C=O) groups excluding carboxylic acids is 1. The third kappa shape index (κ3) is 2.34. The van der Waals surface area contributed by atoms with Crippen molar-refractivity contribution < 1.29 is 14.0 Å². The van der Waals surface area contributed by atoms with E-state index in [1.807, 2.05) is 0 Å². The lowest BCUT2D eigenvalue weighted by molar-refractivity contribution is -0.147. The molecule has 5 heteroatoms. The molecule has 0 aliphatic rings. The van der Waals surface area contributed by atoms with Crippen LogP contribution in [0.25, 0.3) is 0 Å². The maximum Gasteiger partial charge on any atom is 0.340 e. The van der Waals surface area contributed by atoms with Crippen LogP contribution in [-0.2, 0) is 14.0 Å². The minimum Gasteiger partial charge on any atom is -0.526 e. The van der Waals surface area contributed by atoms with Gasteiger partial charge in [0, 0.05) is 7.11 Å². The third-order valence-corrected chi connectivity index (χ3v) is 1.61. The molecule has 0 aliphatic carbocycles. The lowest BCUT2D eigenvalue weighted by Gasteiger charge is -2.16. The number of ether oxygens (including phenoxy) is 1. The molecule has 9 heavy (non-hydrogen) atoms. The predicted molar refractivity (Wildman–Crippen MR) is 37.3 cm³/mol. The second-order valence-electron chi connectivity index (χ2n) is 1.61. The van der Waals surface area contributed by atoms with E-state index in [4.69, 9.17) is 11.6 Å². The van der Waals surface area contributed by atoms with Crippen LogP contribution in [0.15, 0.2) is 0 Å². The Bertz CT molecular complexity index is 114. The van der Waals surface area contributed by atoms with Crippen molar-refractivity contribution in [2.75, 3.05) is 7.11 Å². The van der Waals surface area contributed by atoms with Gasteiger partial charge in [0.05, 0.1) is 0 Å². The molecule has 0 aromatic rings. The Labute approximate surface area is 61.8 Å². The Balaban J connectivity index is 3.97. The largest absolute Gasteiger partial charge is 0.526 e. The van der Waals surface area contributed by atoms with Crippen molar-refractivity contribution in [3.8, 4) is 0 Å². The van der Waals surface area contributed by atoms with Crippen molar-refractivity contribution in [3.05, 3.63) is 0 Å². The summed E-state index contributed by atoms with van der Waals surface area (Å²) in [6.45, 7) is 1.44. The van der Waals surface area contributed by atoms with Gasteiger partial charge in [-0.25, -0.2) is 4.79 Å². The predicted octanol–water partition coefficient (Wildman–Crippen LogP) is -0.589. The van der Waals surface area contributed by atoms with Crippen LogP contribution in [0.1, 0.15) is 6.92 Å². The summed E-state index contributed by atoms with van der Waals surface area (Å²) in [7, 11) is 1.70. The van der Waals surface area contributed by atoms with Gasteiger partial charge in [-0.2, -0.15) is 0 Å². The second-order valence-corrected chi connectivity index (χ2v) is 2.74. The first-order valence-corrected chi connectivity index (χ1v) is 3.56. The standard InChI is InChI=1S/C4H9ClO3Si/c1-4(5,7-2)3(6)8-9/h1-2,9H3. The Hall–Kier alpha value is -0.0631. The van der Waals surface area contributed by atoms with Gasteiger partial charge in [-0.3, -0.25) is 0 Å². The van der Waals surface area contributed by atoms with E-state index in [2.05, 4.69) is 9.16 Å². The van der Waals surface area contributed by atoms with E-state index in [-0.39, 0.29) is 0 Å². The Morgan fingerprint density at radius 3 is 2.33 bits per heavy atom. The van der Waals surface area contributed by atoms with Gasteiger partial charge in [-0.1, -0.05) is 11.6 Å². The van der Waals surface area contributed by atoms with Crippen molar-refractivity contribution in [1.82, 2.24) is 0 Å². The first kappa shape index (κ1) is 8.94. The topological polar surface area (TPSA) is 35.5 Å². The van der Waals surface area contributed by atoms with Gasteiger partial charge >= 0.3 is 5.97 Å². The van der Waals surface area contributed by atoms with Crippen LogP contribution in [0, 0.1) is 0 Å².